The fourth-order valence-electron chi connectivity index (χ4n) is 3.43. The second kappa shape index (κ2) is 8.23. The summed E-state index contributed by atoms with van der Waals surface area (Å²) in [5.74, 6) is 0. The van der Waals surface area contributed by atoms with Gasteiger partial charge >= 0.3 is 0 Å². The van der Waals surface area contributed by atoms with Crippen LogP contribution in [-0.2, 0) is 0 Å². The van der Waals surface area contributed by atoms with Gasteiger partial charge in [0.2, 0.25) is 0 Å². The van der Waals surface area contributed by atoms with Crippen LogP contribution in [0.25, 0.3) is 0 Å². The second-order valence-corrected chi connectivity index (χ2v) is 6.68. The molecular weight excluding hydrogens is 236 g/mol. The Morgan fingerprint density at radius 2 is 2.11 bits per heavy atom. The van der Waals surface area contributed by atoms with Crippen LogP contribution >= 0.6 is 0 Å². The lowest BCUT2D eigenvalue weighted by Crippen LogP contribution is -2.57. The molecule has 1 aliphatic carbocycles. The number of hydrogen-bond donors (Lipinski definition) is 2. The number of rotatable bonds is 8. The van der Waals surface area contributed by atoms with E-state index in [1.54, 1.807) is 0 Å². The first kappa shape index (κ1) is 16.9. The van der Waals surface area contributed by atoms with Gasteiger partial charge in [0.1, 0.15) is 0 Å². The van der Waals surface area contributed by atoms with Gasteiger partial charge in [-0.15, -0.1) is 0 Å². The van der Waals surface area contributed by atoms with Gasteiger partial charge in [-0.3, -0.25) is 0 Å². The van der Waals surface area contributed by atoms with Crippen molar-refractivity contribution in [1.82, 2.24) is 10.2 Å². The lowest BCUT2D eigenvalue weighted by Gasteiger charge is -2.44. The van der Waals surface area contributed by atoms with Crippen molar-refractivity contribution in [3.8, 4) is 0 Å². The van der Waals surface area contributed by atoms with Crippen LogP contribution in [0.3, 0.4) is 0 Å². The number of unbranched alkanes of at least 4 members (excludes halogenated alkanes) is 2. The molecule has 3 nitrogen and oxygen atoms in total. The van der Waals surface area contributed by atoms with E-state index in [2.05, 4.69) is 38.0 Å². The highest BCUT2D eigenvalue weighted by Gasteiger charge is 2.37. The molecule has 1 aliphatic rings. The average molecular weight is 270 g/mol. The van der Waals surface area contributed by atoms with Crippen molar-refractivity contribution in [3.63, 3.8) is 0 Å². The largest absolute Gasteiger partial charge is 0.394 e. The summed E-state index contributed by atoms with van der Waals surface area (Å²) in [6.45, 7) is 8.06. The predicted octanol–water partition coefficient (Wildman–Crippen LogP) is 2.78. The van der Waals surface area contributed by atoms with E-state index in [1.807, 2.05) is 0 Å². The molecule has 0 bridgehead atoms. The Bertz CT molecular complexity index is 245. The fraction of sp³-hybridized carbons (Fsp3) is 1.00. The van der Waals surface area contributed by atoms with Crippen LogP contribution in [0.4, 0.5) is 0 Å². The Hall–Kier alpha value is -0.120. The Morgan fingerprint density at radius 3 is 2.68 bits per heavy atom. The van der Waals surface area contributed by atoms with Gasteiger partial charge in [-0.1, -0.05) is 33.6 Å². The minimum absolute atomic E-state index is 0.0455. The highest BCUT2D eigenvalue weighted by atomic mass is 16.3. The Morgan fingerprint density at radius 1 is 1.37 bits per heavy atom. The van der Waals surface area contributed by atoms with Gasteiger partial charge in [0.15, 0.2) is 0 Å². The number of nitrogens with one attached hydrogen (secondary N) is 1. The Labute approximate surface area is 119 Å². The molecule has 2 unspecified atom stereocenters. The lowest BCUT2D eigenvalue weighted by molar-refractivity contribution is 0.0634. The molecule has 0 radical (unpaired) electrons. The highest BCUT2D eigenvalue weighted by Crippen LogP contribution is 2.31. The van der Waals surface area contributed by atoms with Crippen molar-refractivity contribution >= 4 is 0 Å². The molecule has 1 rings (SSSR count). The minimum Gasteiger partial charge on any atom is -0.394 e. The normalized spacial score (nSPS) is 28.3. The van der Waals surface area contributed by atoms with Gasteiger partial charge in [-0.05, 0) is 45.7 Å². The van der Waals surface area contributed by atoms with E-state index in [0.29, 0.717) is 12.1 Å². The van der Waals surface area contributed by atoms with Gasteiger partial charge < -0.3 is 15.3 Å². The molecule has 0 aromatic carbocycles. The zero-order chi connectivity index (χ0) is 14.3. The molecule has 0 amide bonds. The Balaban J connectivity index is 2.51. The zero-order valence-corrected chi connectivity index (χ0v) is 13.4. The number of nitrogens with zero attached hydrogens (tertiary/aromatic N) is 1. The third kappa shape index (κ3) is 5.41. The molecule has 0 aromatic rings. The maximum Gasteiger partial charge on any atom is 0.0613 e. The molecule has 1 saturated carbocycles. The molecule has 3 heteroatoms. The maximum atomic E-state index is 9.82. The lowest BCUT2D eigenvalue weighted by atomic mass is 9.78. The number of hydrogen-bond acceptors (Lipinski definition) is 3. The number of aliphatic hydroxyl groups excluding tert-OH is 1. The van der Waals surface area contributed by atoms with E-state index in [-0.39, 0.29) is 12.1 Å². The summed E-state index contributed by atoms with van der Waals surface area (Å²) in [6.07, 6.45) is 8.62. The zero-order valence-electron chi connectivity index (χ0n) is 13.4. The third-order valence-corrected chi connectivity index (χ3v) is 4.45. The molecule has 114 valence electrons. The molecule has 1 fully saturated rings. The SMILES string of the molecule is CCCCCN(C)C1CCCC(CO)(NC(C)C)C1. The molecule has 0 saturated heterocycles. The van der Waals surface area contributed by atoms with Gasteiger partial charge in [-0.25, -0.2) is 0 Å². The van der Waals surface area contributed by atoms with Crippen LogP contribution in [0.5, 0.6) is 0 Å². The molecule has 19 heavy (non-hydrogen) atoms. The van der Waals surface area contributed by atoms with Gasteiger partial charge in [0.05, 0.1) is 6.61 Å². The van der Waals surface area contributed by atoms with Crippen molar-refractivity contribution in [3.05, 3.63) is 0 Å². The van der Waals surface area contributed by atoms with Crippen LogP contribution in [-0.4, -0.2) is 47.8 Å². The van der Waals surface area contributed by atoms with E-state index in [4.69, 9.17) is 0 Å². The molecule has 0 aliphatic heterocycles. The van der Waals surface area contributed by atoms with Crippen LogP contribution in [0.1, 0.15) is 65.7 Å². The quantitative estimate of drug-likeness (QED) is 0.666. The summed E-state index contributed by atoms with van der Waals surface area (Å²) in [5.41, 5.74) is -0.0455. The number of aliphatic hydroxyl groups is 1. The third-order valence-electron chi connectivity index (χ3n) is 4.45. The van der Waals surface area contributed by atoms with Crippen molar-refractivity contribution in [1.29, 1.82) is 0 Å². The van der Waals surface area contributed by atoms with Crippen LogP contribution in [0, 0.1) is 0 Å². The molecule has 2 N–H and O–H groups in total. The van der Waals surface area contributed by atoms with E-state index in [9.17, 15) is 5.11 Å². The summed E-state index contributed by atoms with van der Waals surface area (Å²) in [5, 5.41) is 13.4. The summed E-state index contributed by atoms with van der Waals surface area (Å²) in [7, 11) is 2.25. The minimum atomic E-state index is -0.0455. The summed E-state index contributed by atoms with van der Waals surface area (Å²) < 4.78 is 0. The van der Waals surface area contributed by atoms with Crippen molar-refractivity contribution < 1.29 is 5.11 Å². The first-order valence-electron chi connectivity index (χ1n) is 8.12. The van der Waals surface area contributed by atoms with E-state index in [0.717, 1.165) is 12.8 Å². The molecule has 0 aromatic heterocycles. The first-order chi connectivity index (χ1) is 9.03. The first-order valence-corrected chi connectivity index (χ1v) is 8.12. The average Bonchev–Trinajstić information content (AvgIpc) is 2.38. The monoisotopic (exact) mass is 270 g/mol. The van der Waals surface area contributed by atoms with Crippen LogP contribution < -0.4 is 5.32 Å². The highest BCUT2D eigenvalue weighted by molar-refractivity contribution is 4.96. The van der Waals surface area contributed by atoms with E-state index < -0.39 is 0 Å². The van der Waals surface area contributed by atoms with Gasteiger partial charge in [0.25, 0.3) is 0 Å². The van der Waals surface area contributed by atoms with Gasteiger partial charge in [0, 0.05) is 17.6 Å². The fourth-order valence-corrected chi connectivity index (χ4v) is 3.43. The topological polar surface area (TPSA) is 35.5 Å². The molecule has 2 atom stereocenters. The second-order valence-electron chi connectivity index (χ2n) is 6.68. The summed E-state index contributed by atoms with van der Waals surface area (Å²) in [4.78, 5) is 2.52. The molecule has 0 heterocycles. The molecule has 0 spiro atoms. The van der Waals surface area contributed by atoms with Crippen LogP contribution in [0.2, 0.25) is 0 Å². The van der Waals surface area contributed by atoms with E-state index >= 15 is 0 Å². The Kier molecular flexibility index (Phi) is 7.33. The maximum absolute atomic E-state index is 9.82. The van der Waals surface area contributed by atoms with Crippen molar-refractivity contribution in [2.24, 2.45) is 0 Å². The van der Waals surface area contributed by atoms with Crippen molar-refractivity contribution in [2.45, 2.75) is 83.3 Å². The smallest absolute Gasteiger partial charge is 0.0613 e. The summed E-state index contributed by atoms with van der Waals surface area (Å²) in [6, 6.07) is 1.07. The standard InChI is InChI=1S/C16H34N2O/c1-5-6-7-11-18(4)15-9-8-10-16(12-15,13-19)17-14(2)3/h14-15,17,19H,5-13H2,1-4H3. The van der Waals surface area contributed by atoms with E-state index in [1.165, 1.54) is 38.6 Å². The molecular formula is C16H34N2O. The predicted molar refractivity (Wildman–Crippen MR) is 82.5 cm³/mol. The van der Waals surface area contributed by atoms with Gasteiger partial charge in [-0.2, -0.15) is 0 Å². The summed E-state index contributed by atoms with van der Waals surface area (Å²) >= 11 is 0. The van der Waals surface area contributed by atoms with Crippen molar-refractivity contribution in [2.75, 3.05) is 20.2 Å². The van der Waals surface area contributed by atoms with Crippen LogP contribution in [0.15, 0.2) is 0 Å².